The molecule has 1 aromatic rings. The minimum absolute atomic E-state index is 0.0571. The van der Waals surface area contributed by atoms with E-state index in [9.17, 15) is 19.5 Å². The number of carbonyl (C=O) groups excluding carboxylic acids is 2. The van der Waals surface area contributed by atoms with Gasteiger partial charge in [-0.25, -0.2) is 0 Å². The van der Waals surface area contributed by atoms with E-state index in [1.165, 1.54) is 0 Å². The number of benzene rings is 1. The van der Waals surface area contributed by atoms with Crippen LogP contribution >= 0.6 is 24.4 Å². The van der Waals surface area contributed by atoms with Crippen molar-refractivity contribution in [3.63, 3.8) is 0 Å². The molecule has 1 aromatic carbocycles. The molecule has 1 aliphatic carbocycles. The van der Waals surface area contributed by atoms with E-state index >= 15 is 0 Å². The molecule has 0 aromatic heterocycles. The Morgan fingerprint density at radius 1 is 1.27 bits per heavy atom. The first-order valence-corrected chi connectivity index (χ1v) is 10.4. The summed E-state index contributed by atoms with van der Waals surface area (Å²) >= 11 is 6.00. The van der Waals surface area contributed by atoms with Gasteiger partial charge in [0.15, 0.2) is 5.78 Å². The Balaban J connectivity index is 1.63. The van der Waals surface area contributed by atoms with Gasteiger partial charge < -0.3 is 10.4 Å². The van der Waals surface area contributed by atoms with Crippen LogP contribution in [0.15, 0.2) is 30.3 Å². The fourth-order valence-electron chi connectivity index (χ4n) is 3.85. The van der Waals surface area contributed by atoms with Gasteiger partial charge in [-0.1, -0.05) is 36.8 Å². The third kappa shape index (κ3) is 4.26. The van der Waals surface area contributed by atoms with Gasteiger partial charge in [-0.05, 0) is 24.8 Å². The maximum atomic E-state index is 12.9. The zero-order valence-corrected chi connectivity index (χ0v) is 16.0. The number of rotatable bonds is 5. The topological polar surface area (TPSA) is 83.5 Å². The van der Waals surface area contributed by atoms with Crippen LogP contribution in [0.5, 0.6) is 0 Å². The number of amides is 1. The van der Waals surface area contributed by atoms with Gasteiger partial charge >= 0.3 is 5.97 Å². The van der Waals surface area contributed by atoms with Crippen molar-refractivity contribution in [2.45, 2.75) is 42.2 Å². The lowest BCUT2D eigenvalue weighted by molar-refractivity contribution is -0.148. The Morgan fingerprint density at radius 2 is 2.00 bits per heavy atom. The van der Waals surface area contributed by atoms with E-state index in [1.807, 2.05) is 30.3 Å². The molecule has 3 rings (SSSR count). The second-order valence-electron chi connectivity index (χ2n) is 6.94. The molecule has 0 spiro atoms. The Morgan fingerprint density at radius 3 is 2.69 bits per heavy atom. The lowest BCUT2D eigenvalue weighted by Crippen LogP contribution is -2.56. The van der Waals surface area contributed by atoms with Crippen LogP contribution in [0.1, 0.15) is 24.8 Å². The van der Waals surface area contributed by atoms with Crippen LogP contribution in [-0.4, -0.2) is 45.1 Å². The fourth-order valence-corrected chi connectivity index (χ4v) is 5.68. The third-order valence-electron chi connectivity index (χ3n) is 5.19. The average molecular weight is 394 g/mol. The number of carboxylic acid groups (broad SMARTS) is 1. The number of thioether (sulfide) groups is 1. The normalized spacial score (nSPS) is 29.5. The maximum absolute atomic E-state index is 12.9. The van der Waals surface area contributed by atoms with Gasteiger partial charge in [0, 0.05) is 16.9 Å². The molecule has 2 aliphatic rings. The van der Waals surface area contributed by atoms with E-state index in [1.54, 1.807) is 11.8 Å². The maximum Gasteiger partial charge on any atom is 0.307 e. The van der Waals surface area contributed by atoms with Crippen molar-refractivity contribution in [1.29, 1.82) is 0 Å². The molecule has 0 bridgehead atoms. The van der Waals surface area contributed by atoms with E-state index in [0.29, 0.717) is 18.6 Å². The van der Waals surface area contributed by atoms with Crippen molar-refractivity contribution in [1.82, 2.24) is 5.32 Å². The first-order chi connectivity index (χ1) is 12.5. The predicted molar refractivity (Wildman–Crippen MR) is 105 cm³/mol. The number of aliphatic carboxylic acids is 1. The molecule has 1 amide bonds. The molecule has 26 heavy (non-hydrogen) atoms. The van der Waals surface area contributed by atoms with Crippen LogP contribution in [0.4, 0.5) is 0 Å². The SMILES string of the molecule is O=C(NC1CS[C@H]2CCC[C@@H](C(=O)O)C2C1=O)C(S)Cc1ccccc1. The number of Topliss-reactive ketones (excluding diaryl/α,β-unsaturated/α-hetero) is 1. The van der Waals surface area contributed by atoms with Crippen molar-refractivity contribution in [2.75, 3.05) is 5.75 Å². The number of carbonyl (C=O) groups is 3. The fraction of sp³-hybridized carbons (Fsp3) is 0.526. The second-order valence-corrected chi connectivity index (χ2v) is 8.84. The number of hydrogen-bond acceptors (Lipinski definition) is 5. The summed E-state index contributed by atoms with van der Waals surface area (Å²) in [6, 6.07) is 8.96. The zero-order chi connectivity index (χ0) is 18.7. The number of carboxylic acids is 1. The summed E-state index contributed by atoms with van der Waals surface area (Å²) in [5.74, 6) is -1.95. The van der Waals surface area contributed by atoms with Crippen molar-refractivity contribution in [2.24, 2.45) is 11.8 Å². The van der Waals surface area contributed by atoms with E-state index in [4.69, 9.17) is 0 Å². The van der Waals surface area contributed by atoms with Gasteiger partial charge in [-0.3, -0.25) is 14.4 Å². The molecular formula is C19H23NO4S2. The molecule has 1 saturated carbocycles. The minimum atomic E-state index is -0.906. The summed E-state index contributed by atoms with van der Waals surface area (Å²) in [4.78, 5) is 36.9. The molecule has 5 nitrogen and oxygen atoms in total. The molecule has 2 fully saturated rings. The van der Waals surface area contributed by atoms with Crippen LogP contribution in [0.3, 0.4) is 0 Å². The van der Waals surface area contributed by atoms with Gasteiger partial charge in [0.2, 0.25) is 5.91 Å². The smallest absolute Gasteiger partial charge is 0.307 e. The van der Waals surface area contributed by atoms with Crippen LogP contribution in [0, 0.1) is 11.8 Å². The van der Waals surface area contributed by atoms with E-state index in [2.05, 4.69) is 17.9 Å². The summed E-state index contributed by atoms with van der Waals surface area (Å²) in [7, 11) is 0. The largest absolute Gasteiger partial charge is 0.481 e. The molecule has 7 heteroatoms. The van der Waals surface area contributed by atoms with Gasteiger partial charge in [-0.15, -0.1) is 0 Å². The number of thiol groups is 1. The molecule has 1 aliphatic heterocycles. The molecule has 3 unspecified atom stereocenters. The highest BCUT2D eigenvalue weighted by atomic mass is 32.2. The quantitative estimate of drug-likeness (QED) is 0.668. The Kier molecular flexibility index (Phi) is 6.29. The number of hydrogen-bond donors (Lipinski definition) is 3. The first-order valence-electron chi connectivity index (χ1n) is 8.88. The van der Waals surface area contributed by atoms with Crippen molar-refractivity contribution >= 4 is 42.1 Å². The van der Waals surface area contributed by atoms with Crippen LogP contribution in [-0.2, 0) is 20.8 Å². The van der Waals surface area contributed by atoms with Gasteiger partial charge in [-0.2, -0.15) is 24.4 Å². The number of nitrogens with one attached hydrogen (secondary N) is 1. The standard InChI is InChI=1S/C19H23NO4S2/c21-17-13(10-26-15-8-4-7-12(16(15)17)19(23)24)20-18(22)14(25)9-11-5-2-1-3-6-11/h1-3,5-6,12-16,25H,4,7-10H2,(H,20,22)(H,23,24)/t12-,13?,14?,15+,16?/m1/s1. The lowest BCUT2D eigenvalue weighted by Gasteiger charge is -2.40. The molecule has 1 heterocycles. The second kappa shape index (κ2) is 8.48. The van der Waals surface area contributed by atoms with Gasteiger partial charge in [0.25, 0.3) is 0 Å². The van der Waals surface area contributed by atoms with Crippen molar-refractivity contribution in [3.8, 4) is 0 Å². The molecular weight excluding hydrogens is 370 g/mol. The zero-order valence-electron chi connectivity index (χ0n) is 14.3. The minimum Gasteiger partial charge on any atom is -0.481 e. The summed E-state index contributed by atoms with van der Waals surface area (Å²) in [5, 5.41) is 11.8. The highest BCUT2D eigenvalue weighted by Gasteiger charge is 2.47. The molecule has 2 N–H and O–H groups in total. The summed E-state index contributed by atoms with van der Waals surface area (Å²) < 4.78 is 0. The van der Waals surface area contributed by atoms with Crippen molar-refractivity contribution < 1.29 is 19.5 Å². The number of fused-ring (bicyclic) bond motifs is 1. The van der Waals surface area contributed by atoms with Gasteiger partial charge in [0.1, 0.15) is 0 Å². The Hall–Kier alpha value is -1.47. The van der Waals surface area contributed by atoms with Crippen LogP contribution < -0.4 is 5.32 Å². The predicted octanol–water partition coefficient (Wildman–Crippen LogP) is 2.20. The van der Waals surface area contributed by atoms with E-state index in [-0.39, 0.29) is 16.9 Å². The highest BCUT2D eigenvalue weighted by molar-refractivity contribution is 8.00. The monoisotopic (exact) mass is 393 g/mol. The van der Waals surface area contributed by atoms with Gasteiger partial charge in [0.05, 0.1) is 17.2 Å². The van der Waals surface area contributed by atoms with Crippen LogP contribution in [0.25, 0.3) is 0 Å². The third-order valence-corrected chi connectivity index (χ3v) is 7.09. The lowest BCUT2D eigenvalue weighted by atomic mass is 9.74. The molecule has 0 radical (unpaired) electrons. The van der Waals surface area contributed by atoms with Crippen LogP contribution in [0.2, 0.25) is 0 Å². The van der Waals surface area contributed by atoms with Crippen molar-refractivity contribution in [3.05, 3.63) is 35.9 Å². The van der Waals surface area contributed by atoms with E-state index < -0.39 is 29.1 Å². The summed E-state index contributed by atoms with van der Waals surface area (Å²) in [5.41, 5.74) is 1.00. The first kappa shape index (κ1) is 19.3. The number of ketones is 1. The molecule has 140 valence electrons. The highest BCUT2D eigenvalue weighted by Crippen LogP contribution is 2.42. The Labute approximate surface area is 162 Å². The summed E-state index contributed by atoms with van der Waals surface area (Å²) in [6.45, 7) is 0. The van der Waals surface area contributed by atoms with E-state index in [0.717, 1.165) is 18.4 Å². The Bertz CT molecular complexity index is 681. The average Bonchev–Trinajstić information content (AvgIpc) is 2.64. The molecule has 5 atom stereocenters. The molecule has 1 saturated heterocycles. The summed E-state index contributed by atoms with van der Waals surface area (Å²) in [6.07, 6.45) is 2.72.